The Balaban J connectivity index is 1.47. The van der Waals surface area contributed by atoms with Crippen molar-refractivity contribution in [1.29, 1.82) is 0 Å². The van der Waals surface area contributed by atoms with Crippen molar-refractivity contribution in [3.63, 3.8) is 0 Å². The number of hydrogen-bond donors (Lipinski definition) is 1. The summed E-state index contributed by atoms with van der Waals surface area (Å²) in [6.07, 6.45) is 4.74. The van der Waals surface area contributed by atoms with Crippen molar-refractivity contribution < 1.29 is 14.3 Å². The van der Waals surface area contributed by atoms with Crippen LogP contribution in [0.15, 0.2) is 23.4 Å². The molecule has 2 aromatic rings. The van der Waals surface area contributed by atoms with Gasteiger partial charge >= 0.3 is 0 Å². The smallest absolute Gasteiger partial charge is 0.237 e. The second-order valence-corrected chi connectivity index (χ2v) is 8.34. The summed E-state index contributed by atoms with van der Waals surface area (Å²) in [5.41, 5.74) is 0.594. The molecule has 1 heterocycles. The Kier molecular flexibility index (Phi) is 4.99. The van der Waals surface area contributed by atoms with Gasteiger partial charge in [-0.1, -0.05) is 11.8 Å². The van der Waals surface area contributed by atoms with Gasteiger partial charge in [0.1, 0.15) is 17.3 Å². The molecule has 1 aromatic heterocycles. The molecule has 0 bridgehead atoms. The number of hydrogen-bond acceptors (Lipinski definition) is 6. The lowest BCUT2D eigenvalue weighted by Gasteiger charge is -2.15. The first kappa shape index (κ1) is 18.2. The second-order valence-electron chi connectivity index (χ2n) is 7.03. The van der Waals surface area contributed by atoms with Crippen molar-refractivity contribution >= 4 is 23.4 Å². The molecular formula is C19H24N4O3S. The first-order valence-electron chi connectivity index (χ1n) is 9.25. The molecule has 144 valence electrons. The molecule has 0 spiro atoms. The molecule has 7 nitrogen and oxygen atoms in total. The highest BCUT2D eigenvalue weighted by molar-refractivity contribution is 8.00. The summed E-state index contributed by atoms with van der Waals surface area (Å²) in [7, 11) is 3.17. The fourth-order valence-corrected chi connectivity index (χ4v) is 3.95. The van der Waals surface area contributed by atoms with Gasteiger partial charge in [-0.15, -0.1) is 10.2 Å². The molecule has 2 aliphatic rings. The Morgan fingerprint density at radius 1 is 1.22 bits per heavy atom. The molecule has 1 N–H and O–H groups in total. The van der Waals surface area contributed by atoms with Crippen LogP contribution in [0.2, 0.25) is 0 Å². The van der Waals surface area contributed by atoms with Gasteiger partial charge in [-0.05, 0) is 44.7 Å². The highest BCUT2D eigenvalue weighted by atomic mass is 32.2. The minimum atomic E-state index is -0.310. The van der Waals surface area contributed by atoms with Crippen LogP contribution in [0.4, 0.5) is 5.69 Å². The lowest BCUT2D eigenvalue weighted by molar-refractivity contribution is -0.115. The van der Waals surface area contributed by atoms with Crippen molar-refractivity contribution in [2.24, 2.45) is 0 Å². The van der Waals surface area contributed by atoms with Crippen molar-refractivity contribution in [3.05, 3.63) is 24.0 Å². The normalized spacial score (nSPS) is 17.4. The molecule has 1 unspecified atom stereocenters. The van der Waals surface area contributed by atoms with Crippen molar-refractivity contribution in [2.75, 3.05) is 19.5 Å². The second kappa shape index (κ2) is 7.42. The van der Waals surface area contributed by atoms with Crippen LogP contribution >= 0.6 is 11.8 Å². The molecule has 1 atom stereocenters. The van der Waals surface area contributed by atoms with Gasteiger partial charge in [-0.3, -0.25) is 4.79 Å². The third kappa shape index (κ3) is 3.90. The summed E-state index contributed by atoms with van der Waals surface area (Å²) in [5, 5.41) is 12.3. The molecule has 4 rings (SSSR count). The molecule has 2 aliphatic carbocycles. The number of thioether (sulfide) groups is 1. The van der Waals surface area contributed by atoms with Crippen LogP contribution in [0, 0.1) is 0 Å². The quantitative estimate of drug-likeness (QED) is 0.696. The average Bonchev–Trinajstić information content (AvgIpc) is 3.60. The SMILES string of the molecule is COc1ccc(OC)c(NC(=O)C(C)Sc2nnc(C3CC3)n2C2CC2)c1. The predicted molar refractivity (Wildman–Crippen MR) is 104 cm³/mol. The number of carbonyl (C=O) groups is 1. The predicted octanol–water partition coefficient (Wildman–Crippen LogP) is 3.63. The standard InChI is InChI=1S/C19H24N4O3S/c1-11(18(24)20-15-10-14(25-2)8-9-16(15)26-3)27-19-22-21-17(12-4-5-12)23(19)13-6-7-13/h8-13H,4-7H2,1-3H3,(H,20,24). The van der Waals surface area contributed by atoms with Gasteiger partial charge < -0.3 is 19.4 Å². The number of benzene rings is 1. The van der Waals surface area contributed by atoms with Crippen LogP contribution in [0.5, 0.6) is 11.5 Å². The lowest BCUT2D eigenvalue weighted by atomic mass is 10.2. The molecule has 0 aliphatic heterocycles. The molecule has 1 aromatic carbocycles. The van der Waals surface area contributed by atoms with Gasteiger partial charge in [-0.25, -0.2) is 0 Å². The summed E-state index contributed by atoms with van der Waals surface area (Å²) in [4.78, 5) is 12.7. The van der Waals surface area contributed by atoms with Crippen LogP contribution in [0.3, 0.4) is 0 Å². The molecule has 8 heteroatoms. The summed E-state index contributed by atoms with van der Waals surface area (Å²) < 4.78 is 12.8. The van der Waals surface area contributed by atoms with E-state index < -0.39 is 0 Å². The van der Waals surface area contributed by atoms with Gasteiger partial charge in [0, 0.05) is 18.0 Å². The van der Waals surface area contributed by atoms with Crippen molar-refractivity contribution in [3.8, 4) is 11.5 Å². The average molecular weight is 388 g/mol. The number of methoxy groups -OCH3 is 2. The Bertz CT molecular complexity index is 845. The number of carbonyl (C=O) groups excluding carboxylic acids is 1. The van der Waals surface area contributed by atoms with Gasteiger partial charge in [0.05, 0.1) is 25.2 Å². The summed E-state index contributed by atoms with van der Waals surface area (Å²) in [6.45, 7) is 1.88. The van der Waals surface area contributed by atoms with Gasteiger partial charge in [0.2, 0.25) is 5.91 Å². The fraction of sp³-hybridized carbons (Fsp3) is 0.526. The first-order chi connectivity index (χ1) is 13.1. The number of nitrogens with one attached hydrogen (secondary N) is 1. The zero-order chi connectivity index (χ0) is 19.0. The third-order valence-electron chi connectivity index (χ3n) is 4.86. The summed E-state index contributed by atoms with van der Waals surface area (Å²) >= 11 is 1.46. The number of aromatic nitrogens is 3. The van der Waals surface area contributed by atoms with E-state index in [1.165, 1.54) is 37.4 Å². The van der Waals surface area contributed by atoms with E-state index in [9.17, 15) is 4.79 Å². The van der Waals surface area contributed by atoms with Crippen molar-refractivity contribution in [2.45, 2.75) is 55.0 Å². The highest BCUT2D eigenvalue weighted by Crippen LogP contribution is 2.46. The van der Waals surface area contributed by atoms with E-state index >= 15 is 0 Å². The van der Waals surface area contributed by atoms with Gasteiger partial charge in [0.15, 0.2) is 5.16 Å². The maximum atomic E-state index is 12.7. The Morgan fingerprint density at radius 2 is 2.00 bits per heavy atom. The maximum Gasteiger partial charge on any atom is 0.237 e. The van der Waals surface area contributed by atoms with E-state index in [1.54, 1.807) is 32.4 Å². The van der Waals surface area contributed by atoms with E-state index in [2.05, 4.69) is 20.1 Å². The van der Waals surface area contributed by atoms with Crippen LogP contribution in [-0.2, 0) is 4.79 Å². The van der Waals surface area contributed by atoms with Gasteiger partial charge in [-0.2, -0.15) is 0 Å². The first-order valence-corrected chi connectivity index (χ1v) is 10.1. The van der Waals surface area contributed by atoms with Crippen LogP contribution in [-0.4, -0.2) is 40.1 Å². The van der Waals surface area contributed by atoms with Crippen LogP contribution < -0.4 is 14.8 Å². The summed E-state index contributed by atoms with van der Waals surface area (Å²) in [6, 6.07) is 5.83. The zero-order valence-corrected chi connectivity index (χ0v) is 16.6. The molecule has 1 amide bonds. The lowest BCUT2D eigenvalue weighted by Crippen LogP contribution is -2.23. The van der Waals surface area contributed by atoms with E-state index in [4.69, 9.17) is 9.47 Å². The van der Waals surface area contributed by atoms with Crippen molar-refractivity contribution in [1.82, 2.24) is 14.8 Å². The maximum absolute atomic E-state index is 12.7. The van der Waals surface area contributed by atoms with E-state index in [0.717, 1.165) is 11.0 Å². The third-order valence-corrected chi connectivity index (χ3v) is 5.92. The number of anilines is 1. The highest BCUT2D eigenvalue weighted by Gasteiger charge is 2.37. The fourth-order valence-electron chi connectivity index (χ4n) is 3.02. The van der Waals surface area contributed by atoms with Crippen LogP contribution in [0.1, 0.15) is 50.4 Å². The Hall–Kier alpha value is -2.22. The molecule has 0 radical (unpaired) electrons. The molecule has 2 saturated carbocycles. The summed E-state index contributed by atoms with van der Waals surface area (Å²) in [5.74, 6) is 2.80. The Labute approximate surface area is 162 Å². The molecular weight excluding hydrogens is 364 g/mol. The molecule has 2 fully saturated rings. The minimum absolute atomic E-state index is 0.107. The minimum Gasteiger partial charge on any atom is -0.497 e. The number of amides is 1. The Morgan fingerprint density at radius 3 is 2.63 bits per heavy atom. The number of nitrogens with zero attached hydrogens (tertiary/aromatic N) is 3. The molecule has 0 saturated heterocycles. The number of ether oxygens (including phenoxy) is 2. The molecule has 27 heavy (non-hydrogen) atoms. The number of rotatable bonds is 8. The largest absolute Gasteiger partial charge is 0.497 e. The van der Waals surface area contributed by atoms with E-state index in [0.29, 0.717) is 29.1 Å². The van der Waals surface area contributed by atoms with E-state index in [-0.39, 0.29) is 11.2 Å². The van der Waals surface area contributed by atoms with Gasteiger partial charge in [0.25, 0.3) is 0 Å². The monoisotopic (exact) mass is 388 g/mol. The van der Waals surface area contributed by atoms with E-state index in [1.807, 2.05) is 6.92 Å². The zero-order valence-electron chi connectivity index (χ0n) is 15.8. The van der Waals surface area contributed by atoms with Crippen LogP contribution in [0.25, 0.3) is 0 Å². The topological polar surface area (TPSA) is 78.3 Å².